The number of rotatable bonds is 4. The maximum atomic E-state index is 11.8. The maximum absolute atomic E-state index is 11.8. The van der Waals surface area contributed by atoms with Crippen LogP contribution in [0.3, 0.4) is 0 Å². The van der Waals surface area contributed by atoms with Gasteiger partial charge in [0.2, 0.25) is 10.0 Å². The molecule has 0 bridgehead atoms. The summed E-state index contributed by atoms with van der Waals surface area (Å²) in [6.45, 7) is 5.20. The summed E-state index contributed by atoms with van der Waals surface area (Å²) in [6.07, 6.45) is 0. The summed E-state index contributed by atoms with van der Waals surface area (Å²) < 4.78 is 23.5. The Morgan fingerprint density at radius 2 is 1.94 bits per heavy atom. The van der Waals surface area contributed by atoms with E-state index in [1.165, 1.54) is 0 Å². The molecule has 0 amide bonds. The topological polar surface area (TPSA) is 79.2 Å². The predicted molar refractivity (Wildman–Crippen MR) is 67.8 cm³/mol. The number of hydrogen-bond acceptors (Lipinski definition) is 4. The van der Waals surface area contributed by atoms with Crippen LogP contribution in [-0.4, -0.2) is 14.0 Å². The summed E-state index contributed by atoms with van der Waals surface area (Å²) in [5.41, 5.74) is 0.186. The van der Waals surface area contributed by atoms with Crippen molar-refractivity contribution in [3.63, 3.8) is 0 Å². The molecule has 0 aliphatic rings. The highest BCUT2D eigenvalue weighted by Crippen LogP contribution is 2.12. The quantitative estimate of drug-likeness (QED) is 0.843. The molecule has 1 aromatic rings. The van der Waals surface area contributed by atoms with Crippen LogP contribution in [0.1, 0.15) is 31.9 Å². The maximum Gasteiger partial charge on any atom is 0.237 e. The van der Waals surface area contributed by atoms with E-state index in [1.54, 1.807) is 45.0 Å². The van der Waals surface area contributed by atoms with Gasteiger partial charge in [-0.05, 0) is 32.4 Å². The van der Waals surface area contributed by atoms with E-state index in [9.17, 15) is 8.42 Å². The zero-order valence-electron chi connectivity index (χ0n) is 10.6. The Hall–Kier alpha value is -1.42. The highest BCUT2D eigenvalue weighted by Gasteiger charge is 2.18. The summed E-state index contributed by atoms with van der Waals surface area (Å²) in [5, 5.41) is 8.88. The van der Waals surface area contributed by atoms with Crippen molar-refractivity contribution in [1.29, 1.82) is 5.26 Å². The van der Waals surface area contributed by atoms with Crippen molar-refractivity contribution in [2.24, 2.45) is 0 Å². The van der Waals surface area contributed by atoms with Gasteiger partial charge in [-0.2, -0.15) is 5.26 Å². The highest BCUT2D eigenvalue weighted by atomic mass is 32.2. The zero-order chi connectivity index (χ0) is 13.8. The fourth-order valence-corrected chi connectivity index (χ4v) is 2.27. The van der Waals surface area contributed by atoms with Gasteiger partial charge >= 0.3 is 0 Å². The van der Waals surface area contributed by atoms with Gasteiger partial charge in [-0.15, -0.1) is 0 Å². The lowest BCUT2D eigenvalue weighted by Gasteiger charge is -2.19. The average Bonchev–Trinajstić information content (AvgIpc) is 2.26. The number of hydrogen-bond donors (Lipinski definition) is 1. The van der Waals surface area contributed by atoms with Crippen LogP contribution in [0.4, 0.5) is 0 Å². The Morgan fingerprint density at radius 1 is 1.33 bits per heavy atom. The largest absolute Gasteiger partial charge is 0.281 e. The van der Waals surface area contributed by atoms with E-state index in [1.807, 2.05) is 6.07 Å². The second-order valence-electron chi connectivity index (χ2n) is 4.83. The molecule has 0 heterocycles. The summed E-state index contributed by atoms with van der Waals surface area (Å²) >= 11 is 0. The average molecular weight is 268 g/mol. The molecule has 0 spiro atoms. The summed E-state index contributed by atoms with van der Waals surface area (Å²) in [5.74, 6) is -0.285. The van der Waals surface area contributed by atoms with E-state index in [-0.39, 0.29) is 5.75 Å². The Balaban J connectivity index is 2.81. The molecule has 0 radical (unpaired) electrons. The summed E-state index contributed by atoms with van der Waals surface area (Å²) in [6, 6.07) is 8.52. The number of sulfonamides is 1. The normalized spacial score (nSPS) is 12.1. The minimum Gasteiger partial charge on any atom is -0.281 e. The smallest absolute Gasteiger partial charge is 0.237 e. The van der Waals surface area contributed by atoms with Crippen LogP contribution in [-0.2, 0) is 20.6 Å². The first-order valence-corrected chi connectivity index (χ1v) is 7.04. The van der Waals surface area contributed by atoms with Crippen LogP contribution >= 0.6 is 0 Å². The molecule has 0 fully saturated rings. The zero-order valence-corrected chi connectivity index (χ0v) is 11.4. The third-order valence-corrected chi connectivity index (χ3v) is 2.99. The van der Waals surface area contributed by atoms with Gasteiger partial charge in [0.1, 0.15) is 0 Å². The van der Waals surface area contributed by atoms with Crippen LogP contribution in [0, 0.1) is 11.3 Å². The molecule has 6 heteroatoms. The van der Waals surface area contributed by atoms with E-state index >= 15 is 0 Å². The molecule has 0 saturated heterocycles. The molecular weight excluding hydrogens is 252 g/mol. The van der Waals surface area contributed by atoms with Gasteiger partial charge in [0, 0.05) is 0 Å². The molecule has 0 aliphatic carbocycles. The Bertz CT molecular complexity index is 553. The van der Waals surface area contributed by atoms with Crippen molar-refractivity contribution in [3.8, 4) is 6.07 Å². The molecule has 98 valence electrons. The third kappa shape index (κ3) is 4.84. The molecule has 0 atom stereocenters. The molecule has 0 unspecified atom stereocenters. The third-order valence-electron chi connectivity index (χ3n) is 1.96. The molecule has 1 rings (SSSR count). The lowest BCUT2D eigenvalue weighted by Crippen LogP contribution is -2.34. The second-order valence-corrected chi connectivity index (χ2v) is 6.51. The van der Waals surface area contributed by atoms with Crippen molar-refractivity contribution in [1.82, 2.24) is 4.89 Å². The van der Waals surface area contributed by atoms with Gasteiger partial charge in [-0.3, -0.25) is 4.84 Å². The first-order valence-electron chi connectivity index (χ1n) is 5.39. The summed E-state index contributed by atoms with van der Waals surface area (Å²) in [7, 11) is -3.62. The van der Waals surface area contributed by atoms with Gasteiger partial charge < -0.3 is 0 Å². The first kappa shape index (κ1) is 14.6. The molecular formula is C12H16N2O3S. The Kier molecular flexibility index (Phi) is 4.46. The number of benzene rings is 1. The molecule has 18 heavy (non-hydrogen) atoms. The molecule has 5 nitrogen and oxygen atoms in total. The van der Waals surface area contributed by atoms with Crippen molar-refractivity contribution < 1.29 is 13.3 Å². The van der Waals surface area contributed by atoms with Gasteiger partial charge in [-0.1, -0.05) is 23.1 Å². The molecule has 1 aromatic carbocycles. The standard InChI is InChI=1S/C12H16N2O3S/c1-12(2,3)17-14-18(15,16)9-11-7-5-4-6-10(11)8-13/h4-7,14H,9H2,1-3H3. The van der Waals surface area contributed by atoms with Crippen molar-refractivity contribution >= 4 is 10.0 Å². The minimum absolute atomic E-state index is 0.285. The number of nitriles is 1. The molecule has 1 N–H and O–H groups in total. The van der Waals surface area contributed by atoms with Crippen molar-refractivity contribution in [3.05, 3.63) is 35.4 Å². The highest BCUT2D eigenvalue weighted by molar-refractivity contribution is 7.88. The Morgan fingerprint density at radius 3 is 2.50 bits per heavy atom. The van der Waals surface area contributed by atoms with Crippen LogP contribution < -0.4 is 4.89 Å². The van der Waals surface area contributed by atoms with Gasteiger partial charge in [-0.25, -0.2) is 8.42 Å². The SMILES string of the molecule is CC(C)(C)ONS(=O)(=O)Cc1ccccc1C#N. The van der Waals surface area contributed by atoms with E-state index < -0.39 is 15.6 Å². The lowest BCUT2D eigenvalue weighted by molar-refractivity contribution is -0.0358. The van der Waals surface area contributed by atoms with Crippen LogP contribution in [0.5, 0.6) is 0 Å². The van der Waals surface area contributed by atoms with Crippen LogP contribution in [0.2, 0.25) is 0 Å². The van der Waals surface area contributed by atoms with Gasteiger partial charge in [0.15, 0.2) is 0 Å². The number of nitrogens with zero attached hydrogens (tertiary/aromatic N) is 1. The van der Waals surface area contributed by atoms with Crippen LogP contribution in [0.15, 0.2) is 24.3 Å². The van der Waals surface area contributed by atoms with Crippen molar-refractivity contribution in [2.45, 2.75) is 32.1 Å². The predicted octanol–water partition coefficient (Wildman–Crippen LogP) is 1.71. The summed E-state index contributed by atoms with van der Waals surface area (Å²) in [4.78, 5) is 7.08. The first-order chi connectivity index (χ1) is 8.23. The van der Waals surface area contributed by atoms with E-state index in [0.717, 1.165) is 0 Å². The van der Waals surface area contributed by atoms with Gasteiger partial charge in [0.05, 0.1) is 23.0 Å². The second kappa shape index (κ2) is 5.48. The monoisotopic (exact) mass is 268 g/mol. The van der Waals surface area contributed by atoms with Gasteiger partial charge in [0.25, 0.3) is 0 Å². The molecule has 0 aromatic heterocycles. The van der Waals surface area contributed by atoms with Crippen LogP contribution in [0.25, 0.3) is 0 Å². The van der Waals surface area contributed by atoms with Crippen molar-refractivity contribution in [2.75, 3.05) is 0 Å². The fraction of sp³-hybridized carbons (Fsp3) is 0.417. The Labute approximate surface area is 107 Å². The minimum atomic E-state index is -3.62. The number of nitrogens with one attached hydrogen (secondary N) is 1. The fourth-order valence-electron chi connectivity index (χ4n) is 1.18. The molecule has 0 saturated carbocycles. The lowest BCUT2D eigenvalue weighted by atomic mass is 10.1. The van der Waals surface area contributed by atoms with E-state index in [2.05, 4.69) is 4.89 Å². The molecule has 0 aliphatic heterocycles. The van der Waals surface area contributed by atoms with E-state index in [0.29, 0.717) is 11.1 Å². The van der Waals surface area contributed by atoms with E-state index in [4.69, 9.17) is 10.1 Å².